The number of benzene rings is 1. The van der Waals surface area contributed by atoms with E-state index in [1.165, 1.54) is 4.90 Å². The highest BCUT2D eigenvalue weighted by Gasteiger charge is 2.34. The minimum Gasteiger partial charge on any atom is -0.480 e. The average molecular weight is 291 g/mol. The summed E-state index contributed by atoms with van der Waals surface area (Å²) in [6.45, 7) is 2.26. The molecule has 2 rings (SSSR count). The van der Waals surface area contributed by atoms with Gasteiger partial charge in [0.1, 0.15) is 6.04 Å². The maximum atomic E-state index is 12.4. The Hall–Kier alpha value is -1.88. The first-order valence-electron chi connectivity index (χ1n) is 7.14. The molecule has 0 spiro atoms. The number of amides is 1. The minimum absolute atomic E-state index is 0.00527. The Morgan fingerprint density at radius 2 is 2.05 bits per heavy atom. The van der Waals surface area contributed by atoms with Crippen LogP contribution in [0.4, 0.5) is 0 Å². The second-order valence-electron chi connectivity index (χ2n) is 5.43. The van der Waals surface area contributed by atoms with Gasteiger partial charge in [0, 0.05) is 26.5 Å². The number of carboxylic acid groups (broad SMARTS) is 1. The number of nitrogens with zero attached hydrogens (tertiary/aromatic N) is 1. The quantitative estimate of drug-likeness (QED) is 0.899. The van der Waals surface area contributed by atoms with Gasteiger partial charge in [0.05, 0.1) is 6.10 Å². The molecule has 0 aromatic heterocycles. The number of rotatable bonds is 5. The van der Waals surface area contributed by atoms with Crippen molar-refractivity contribution >= 4 is 11.9 Å². The van der Waals surface area contributed by atoms with E-state index in [0.717, 1.165) is 11.1 Å². The number of carbonyl (C=O) groups excluding carboxylic acids is 1. The predicted octanol–water partition coefficient (Wildman–Crippen LogP) is 1.84. The molecule has 0 aliphatic carbocycles. The molecule has 2 atom stereocenters. The summed E-state index contributed by atoms with van der Waals surface area (Å²) in [6.07, 6.45) is 1.27. The van der Waals surface area contributed by atoms with E-state index in [9.17, 15) is 14.7 Å². The van der Waals surface area contributed by atoms with Gasteiger partial charge in [-0.15, -0.1) is 0 Å². The molecular formula is C16H21NO4. The molecule has 1 heterocycles. The average Bonchev–Trinajstić information content (AvgIpc) is 2.50. The second kappa shape index (κ2) is 6.72. The third kappa shape index (κ3) is 3.61. The molecule has 5 nitrogen and oxygen atoms in total. The molecule has 1 aromatic carbocycles. The lowest BCUT2D eigenvalue weighted by Crippen LogP contribution is -2.48. The van der Waals surface area contributed by atoms with Gasteiger partial charge in [-0.05, 0) is 24.5 Å². The zero-order chi connectivity index (χ0) is 15.4. The smallest absolute Gasteiger partial charge is 0.326 e. The van der Waals surface area contributed by atoms with Crippen molar-refractivity contribution < 1.29 is 19.4 Å². The van der Waals surface area contributed by atoms with Crippen LogP contribution in [-0.2, 0) is 27.3 Å². The zero-order valence-corrected chi connectivity index (χ0v) is 12.4. The molecule has 0 saturated heterocycles. The second-order valence-corrected chi connectivity index (χ2v) is 5.43. The molecule has 1 aliphatic rings. The molecule has 1 aliphatic heterocycles. The van der Waals surface area contributed by atoms with Gasteiger partial charge < -0.3 is 14.7 Å². The molecule has 114 valence electrons. The van der Waals surface area contributed by atoms with Crippen LogP contribution in [0.2, 0.25) is 0 Å². The van der Waals surface area contributed by atoms with Crippen molar-refractivity contribution in [2.24, 2.45) is 0 Å². The Bertz CT molecular complexity index is 529. The van der Waals surface area contributed by atoms with Crippen LogP contribution in [0.25, 0.3) is 0 Å². The number of methoxy groups -OCH3 is 1. The Kier molecular flexibility index (Phi) is 4.96. The van der Waals surface area contributed by atoms with Crippen LogP contribution in [0.1, 0.15) is 30.9 Å². The van der Waals surface area contributed by atoms with Crippen molar-refractivity contribution in [3.63, 3.8) is 0 Å². The molecule has 1 amide bonds. The van der Waals surface area contributed by atoms with Crippen molar-refractivity contribution in [2.45, 2.75) is 44.9 Å². The van der Waals surface area contributed by atoms with Crippen LogP contribution >= 0.6 is 0 Å². The van der Waals surface area contributed by atoms with E-state index in [2.05, 4.69) is 0 Å². The van der Waals surface area contributed by atoms with Crippen LogP contribution < -0.4 is 0 Å². The number of hydrogen-bond acceptors (Lipinski definition) is 3. The first-order valence-corrected chi connectivity index (χ1v) is 7.14. The Labute approximate surface area is 124 Å². The van der Waals surface area contributed by atoms with Gasteiger partial charge in [-0.3, -0.25) is 4.79 Å². The highest BCUT2D eigenvalue weighted by Crippen LogP contribution is 2.24. The zero-order valence-electron chi connectivity index (χ0n) is 12.4. The molecule has 0 fully saturated rings. The van der Waals surface area contributed by atoms with Gasteiger partial charge in [0.15, 0.2) is 0 Å². The van der Waals surface area contributed by atoms with E-state index in [1.807, 2.05) is 31.2 Å². The predicted molar refractivity (Wildman–Crippen MR) is 77.8 cm³/mol. The normalized spacial score (nSPS) is 19.0. The van der Waals surface area contributed by atoms with E-state index in [4.69, 9.17) is 4.74 Å². The van der Waals surface area contributed by atoms with Gasteiger partial charge >= 0.3 is 5.97 Å². The van der Waals surface area contributed by atoms with Crippen molar-refractivity contribution in [3.8, 4) is 0 Å². The Balaban J connectivity index is 2.13. The minimum atomic E-state index is -0.947. The van der Waals surface area contributed by atoms with Crippen LogP contribution in [0.15, 0.2) is 24.3 Å². The summed E-state index contributed by atoms with van der Waals surface area (Å²) in [5.74, 6) is -1.07. The first-order chi connectivity index (χ1) is 10.0. The Morgan fingerprint density at radius 1 is 1.38 bits per heavy atom. The van der Waals surface area contributed by atoms with Gasteiger partial charge in [-0.2, -0.15) is 0 Å². The third-order valence-corrected chi connectivity index (χ3v) is 4.02. The van der Waals surface area contributed by atoms with E-state index in [-0.39, 0.29) is 12.0 Å². The summed E-state index contributed by atoms with van der Waals surface area (Å²) in [6, 6.07) is 6.92. The van der Waals surface area contributed by atoms with Crippen molar-refractivity contribution in [3.05, 3.63) is 35.4 Å². The maximum absolute atomic E-state index is 12.4. The topological polar surface area (TPSA) is 66.8 Å². The largest absolute Gasteiger partial charge is 0.480 e. The fourth-order valence-corrected chi connectivity index (χ4v) is 2.59. The standard InChI is InChI=1S/C16H21NO4/c1-11(21-2)7-8-15(18)17-10-13-6-4-3-5-12(13)9-14(17)16(19)20/h3-6,11,14H,7-10H2,1-2H3,(H,19,20). The number of hydrogen-bond donors (Lipinski definition) is 1. The van der Waals surface area contributed by atoms with Crippen LogP contribution in [-0.4, -0.2) is 41.1 Å². The van der Waals surface area contributed by atoms with Gasteiger partial charge in [-0.1, -0.05) is 24.3 Å². The van der Waals surface area contributed by atoms with E-state index in [1.54, 1.807) is 7.11 Å². The third-order valence-electron chi connectivity index (χ3n) is 4.02. The fraction of sp³-hybridized carbons (Fsp3) is 0.500. The number of carboxylic acids is 1. The van der Waals surface area contributed by atoms with E-state index in [0.29, 0.717) is 25.8 Å². The van der Waals surface area contributed by atoms with Crippen molar-refractivity contribution in [2.75, 3.05) is 7.11 Å². The molecule has 21 heavy (non-hydrogen) atoms. The summed E-state index contributed by atoms with van der Waals surface area (Å²) >= 11 is 0. The van der Waals surface area contributed by atoms with Crippen molar-refractivity contribution in [1.29, 1.82) is 0 Å². The van der Waals surface area contributed by atoms with Crippen LogP contribution in [0.5, 0.6) is 0 Å². The molecular weight excluding hydrogens is 270 g/mol. The van der Waals surface area contributed by atoms with E-state index < -0.39 is 12.0 Å². The lowest BCUT2D eigenvalue weighted by molar-refractivity contribution is -0.151. The molecule has 1 aromatic rings. The lowest BCUT2D eigenvalue weighted by Gasteiger charge is -2.34. The van der Waals surface area contributed by atoms with Crippen molar-refractivity contribution in [1.82, 2.24) is 4.90 Å². The Morgan fingerprint density at radius 3 is 2.67 bits per heavy atom. The summed E-state index contributed by atoms with van der Waals surface area (Å²) < 4.78 is 5.13. The summed E-state index contributed by atoms with van der Waals surface area (Å²) in [5, 5.41) is 9.39. The number of carbonyl (C=O) groups is 2. The highest BCUT2D eigenvalue weighted by molar-refractivity contribution is 5.84. The lowest BCUT2D eigenvalue weighted by atomic mass is 9.93. The van der Waals surface area contributed by atoms with Gasteiger partial charge in [0.2, 0.25) is 5.91 Å². The summed E-state index contributed by atoms with van der Waals surface area (Å²) in [5.41, 5.74) is 2.04. The molecule has 0 bridgehead atoms. The number of ether oxygens (including phenoxy) is 1. The maximum Gasteiger partial charge on any atom is 0.326 e. The van der Waals surface area contributed by atoms with Crippen LogP contribution in [0, 0.1) is 0 Å². The fourth-order valence-electron chi connectivity index (χ4n) is 2.59. The summed E-state index contributed by atoms with van der Waals surface area (Å²) in [4.78, 5) is 25.3. The SMILES string of the molecule is COC(C)CCC(=O)N1Cc2ccccc2CC1C(=O)O. The molecule has 0 saturated carbocycles. The number of fused-ring (bicyclic) bond motifs is 1. The monoisotopic (exact) mass is 291 g/mol. The summed E-state index contributed by atoms with van der Waals surface area (Å²) in [7, 11) is 1.60. The number of aliphatic carboxylic acids is 1. The highest BCUT2D eigenvalue weighted by atomic mass is 16.5. The molecule has 5 heteroatoms. The van der Waals surface area contributed by atoms with E-state index >= 15 is 0 Å². The van der Waals surface area contributed by atoms with Gasteiger partial charge in [0.25, 0.3) is 0 Å². The molecule has 1 N–H and O–H groups in total. The van der Waals surface area contributed by atoms with Crippen LogP contribution in [0.3, 0.4) is 0 Å². The van der Waals surface area contributed by atoms with Gasteiger partial charge in [-0.25, -0.2) is 4.79 Å². The molecule has 0 radical (unpaired) electrons. The first kappa shape index (κ1) is 15.5. The molecule has 2 unspecified atom stereocenters.